The summed E-state index contributed by atoms with van der Waals surface area (Å²) in [6.07, 6.45) is 0.878. The molecule has 1 N–H and O–H groups in total. The molecule has 0 saturated carbocycles. The molecule has 0 spiro atoms. The van der Waals surface area contributed by atoms with Gasteiger partial charge in [-0.3, -0.25) is 0 Å². The minimum absolute atomic E-state index is 0.247. The Balaban J connectivity index is 2.19. The van der Waals surface area contributed by atoms with E-state index in [1.165, 1.54) is 13.2 Å². The quantitative estimate of drug-likeness (QED) is 0.689. The summed E-state index contributed by atoms with van der Waals surface area (Å²) in [6, 6.07) is 4.71. The van der Waals surface area contributed by atoms with Crippen LogP contribution in [0.1, 0.15) is 6.42 Å². The average molecular weight is 257 g/mol. The molecule has 0 aliphatic heterocycles. The van der Waals surface area contributed by atoms with Crippen molar-refractivity contribution in [2.45, 2.75) is 6.42 Å². The number of rotatable bonds is 9. The normalized spacial score (nSPS) is 10.4. The maximum Gasteiger partial charge on any atom is 0.165 e. The van der Waals surface area contributed by atoms with E-state index in [-0.39, 0.29) is 11.6 Å². The second-order valence-electron chi connectivity index (χ2n) is 3.73. The van der Waals surface area contributed by atoms with Gasteiger partial charge in [-0.1, -0.05) is 0 Å². The predicted molar refractivity (Wildman–Crippen MR) is 68.8 cm³/mol. The zero-order valence-corrected chi connectivity index (χ0v) is 10.9. The van der Waals surface area contributed by atoms with Crippen LogP contribution >= 0.6 is 0 Å². The lowest BCUT2D eigenvalue weighted by Crippen LogP contribution is -2.08. The van der Waals surface area contributed by atoms with Crippen LogP contribution in [0, 0.1) is 5.82 Å². The van der Waals surface area contributed by atoms with E-state index in [0.717, 1.165) is 18.7 Å². The van der Waals surface area contributed by atoms with Gasteiger partial charge in [-0.15, -0.1) is 0 Å². The van der Waals surface area contributed by atoms with Crippen LogP contribution in [0.25, 0.3) is 0 Å². The van der Waals surface area contributed by atoms with Crippen molar-refractivity contribution in [2.24, 2.45) is 0 Å². The zero-order valence-electron chi connectivity index (χ0n) is 10.9. The van der Waals surface area contributed by atoms with Crippen molar-refractivity contribution in [2.75, 3.05) is 45.9 Å². The topological polar surface area (TPSA) is 39.7 Å². The molecule has 0 aliphatic carbocycles. The average Bonchev–Trinajstić information content (AvgIpc) is 2.39. The molecular formula is C13H20FNO3. The molecule has 5 heteroatoms. The highest BCUT2D eigenvalue weighted by Crippen LogP contribution is 2.21. The summed E-state index contributed by atoms with van der Waals surface area (Å²) < 4.78 is 28.2. The molecular weight excluding hydrogens is 237 g/mol. The number of anilines is 1. The molecule has 0 aromatic heterocycles. The number of hydrogen-bond donors (Lipinski definition) is 1. The minimum atomic E-state index is -0.356. The van der Waals surface area contributed by atoms with E-state index in [9.17, 15) is 4.39 Å². The standard InChI is InChI=1S/C13H20FNO3/c1-16-8-9-18-7-3-6-15-11-4-5-12(14)13(10-11)17-2/h4-5,10,15H,3,6-9H2,1-2H3. The number of hydrogen-bond acceptors (Lipinski definition) is 4. The second kappa shape index (κ2) is 8.72. The molecule has 0 heterocycles. The Kier molecular flexibility index (Phi) is 7.13. The Morgan fingerprint density at radius 2 is 2.00 bits per heavy atom. The first-order valence-electron chi connectivity index (χ1n) is 5.92. The number of halogens is 1. The number of methoxy groups -OCH3 is 2. The molecule has 1 rings (SSSR count). The number of ether oxygens (including phenoxy) is 3. The third-order valence-electron chi connectivity index (χ3n) is 2.38. The lowest BCUT2D eigenvalue weighted by atomic mass is 10.3. The van der Waals surface area contributed by atoms with Crippen LogP contribution in [0.2, 0.25) is 0 Å². The van der Waals surface area contributed by atoms with Crippen molar-refractivity contribution in [3.8, 4) is 5.75 Å². The summed E-state index contributed by atoms with van der Waals surface area (Å²) in [7, 11) is 3.10. The lowest BCUT2D eigenvalue weighted by molar-refractivity contribution is 0.0705. The Morgan fingerprint density at radius 3 is 2.72 bits per heavy atom. The fourth-order valence-corrected chi connectivity index (χ4v) is 1.42. The monoisotopic (exact) mass is 257 g/mol. The Bertz CT molecular complexity index is 347. The molecule has 0 bridgehead atoms. The van der Waals surface area contributed by atoms with Crippen LogP contribution in [0.4, 0.5) is 10.1 Å². The molecule has 18 heavy (non-hydrogen) atoms. The van der Waals surface area contributed by atoms with Crippen molar-refractivity contribution < 1.29 is 18.6 Å². The van der Waals surface area contributed by atoms with E-state index in [0.29, 0.717) is 19.8 Å². The van der Waals surface area contributed by atoms with Crippen molar-refractivity contribution >= 4 is 5.69 Å². The van der Waals surface area contributed by atoms with Gasteiger partial charge in [0.25, 0.3) is 0 Å². The minimum Gasteiger partial charge on any atom is -0.494 e. The Morgan fingerprint density at radius 1 is 1.17 bits per heavy atom. The van der Waals surface area contributed by atoms with Gasteiger partial charge < -0.3 is 19.5 Å². The molecule has 0 fully saturated rings. The van der Waals surface area contributed by atoms with Crippen LogP contribution in [-0.2, 0) is 9.47 Å². The lowest BCUT2D eigenvalue weighted by Gasteiger charge is -2.09. The first-order chi connectivity index (χ1) is 8.77. The van der Waals surface area contributed by atoms with Crippen LogP contribution in [0.5, 0.6) is 5.75 Å². The van der Waals surface area contributed by atoms with Gasteiger partial charge in [-0.2, -0.15) is 0 Å². The summed E-state index contributed by atoms with van der Waals surface area (Å²) >= 11 is 0. The molecule has 0 saturated heterocycles. The molecule has 0 atom stereocenters. The third kappa shape index (κ3) is 5.33. The van der Waals surface area contributed by atoms with Gasteiger partial charge >= 0.3 is 0 Å². The van der Waals surface area contributed by atoms with Gasteiger partial charge in [0.2, 0.25) is 0 Å². The van der Waals surface area contributed by atoms with Crippen molar-refractivity contribution in [3.05, 3.63) is 24.0 Å². The van der Waals surface area contributed by atoms with Crippen LogP contribution in [0.3, 0.4) is 0 Å². The maximum absolute atomic E-state index is 13.1. The van der Waals surface area contributed by atoms with Crippen LogP contribution < -0.4 is 10.1 Å². The smallest absolute Gasteiger partial charge is 0.165 e. The number of benzene rings is 1. The Hall–Kier alpha value is -1.33. The second-order valence-corrected chi connectivity index (χ2v) is 3.73. The van der Waals surface area contributed by atoms with E-state index >= 15 is 0 Å². The molecule has 0 radical (unpaired) electrons. The number of nitrogens with one attached hydrogen (secondary N) is 1. The maximum atomic E-state index is 13.1. The largest absolute Gasteiger partial charge is 0.494 e. The van der Waals surface area contributed by atoms with E-state index in [4.69, 9.17) is 14.2 Å². The fourth-order valence-electron chi connectivity index (χ4n) is 1.42. The van der Waals surface area contributed by atoms with Crippen molar-refractivity contribution in [3.63, 3.8) is 0 Å². The Labute approximate surface area is 107 Å². The van der Waals surface area contributed by atoms with Gasteiger partial charge in [0.15, 0.2) is 11.6 Å². The van der Waals surface area contributed by atoms with Crippen LogP contribution in [-0.4, -0.2) is 40.6 Å². The van der Waals surface area contributed by atoms with Gasteiger partial charge in [0.05, 0.1) is 20.3 Å². The molecule has 1 aromatic carbocycles. The highest BCUT2D eigenvalue weighted by atomic mass is 19.1. The fraction of sp³-hybridized carbons (Fsp3) is 0.538. The summed E-state index contributed by atoms with van der Waals surface area (Å²) in [4.78, 5) is 0. The molecule has 102 valence electrons. The summed E-state index contributed by atoms with van der Waals surface area (Å²) in [5.74, 6) is -0.109. The first kappa shape index (κ1) is 14.7. The molecule has 1 aromatic rings. The van der Waals surface area contributed by atoms with Crippen LogP contribution in [0.15, 0.2) is 18.2 Å². The van der Waals surface area contributed by atoms with E-state index in [1.807, 2.05) is 0 Å². The highest BCUT2D eigenvalue weighted by molar-refractivity contribution is 5.48. The van der Waals surface area contributed by atoms with E-state index in [2.05, 4.69) is 5.32 Å². The van der Waals surface area contributed by atoms with Crippen molar-refractivity contribution in [1.82, 2.24) is 0 Å². The SMILES string of the molecule is COCCOCCCNc1ccc(F)c(OC)c1. The zero-order chi connectivity index (χ0) is 13.2. The molecule has 0 aliphatic rings. The van der Waals surface area contributed by atoms with Gasteiger partial charge in [-0.05, 0) is 18.6 Å². The summed E-state index contributed by atoms with van der Waals surface area (Å²) in [5, 5.41) is 3.18. The third-order valence-corrected chi connectivity index (χ3v) is 2.38. The molecule has 0 amide bonds. The molecule has 0 unspecified atom stereocenters. The summed E-state index contributed by atoms with van der Waals surface area (Å²) in [6.45, 7) is 2.67. The predicted octanol–water partition coefficient (Wildman–Crippen LogP) is 2.30. The summed E-state index contributed by atoms with van der Waals surface area (Å²) in [5.41, 5.74) is 0.838. The van der Waals surface area contributed by atoms with Crippen molar-refractivity contribution in [1.29, 1.82) is 0 Å². The first-order valence-corrected chi connectivity index (χ1v) is 5.92. The van der Waals surface area contributed by atoms with Gasteiger partial charge in [0.1, 0.15) is 0 Å². The van der Waals surface area contributed by atoms with Gasteiger partial charge in [-0.25, -0.2) is 4.39 Å². The van der Waals surface area contributed by atoms with Gasteiger partial charge in [0, 0.05) is 32.0 Å². The van der Waals surface area contributed by atoms with E-state index < -0.39 is 0 Å². The highest BCUT2D eigenvalue weighted by Gasteiger charge is 2.02. The van der Waals surface area contributed by atoms with E-state index in [1.54, 1.807) is 19.2 Å². The molecule has 4 nitrogen and oxygen atoms in total.